The van der Waals surface area contributed by atoms with E-state index in [2.05, 4.69) is 4.99 Å². The van der Waals surface area contributed by atoms with Crippen molar-refractivity contribution in [3.63, 3.8) is 0 Å². The summed E-state index contributed by atoms with van der Waals surface area (Å²) in [5.41, 5.74) is -0.229. The Bertz CT molecular complexity index is 433. The maximum atomic E-state index is 13.2. The number of benzene rings is 1. The van der Waals surface area contributed by atoms with Crippen molar-refractivity contribution < 1.29 is 13.6 Å². The van der Waals surface area contributed by atoms with E-state index in [1.165, 1.54) is 12.4 Å². The van der Waals surface area contributed by atoms with E-state index in [-0.39, 0.29) is 17.5 Å². The summed E-state index contributed by atoms with van der Waals surface area (Å²) in [5.74, 6) is -2.21. The Morgan fingerprint density at radius 1 is 1.41 bits per heavy atom. The third kappa shape index (κ3) is 3.34. The van der Waals surface area contributed by atoms with Crippen molar-refractivity contribution in [3.05, 3.63) is 29.3 Å². The minimum atomic E-state index is -1.16. The lowest BCUT2D eigenvalue weighted by atomic mass is 10.2. The van der Waals surface area contributed by atoms with Crippen LogP contribution in [-0.4, -0.2) is 31.1 Å². The van der Waals surface area contributed by atoms with Crippen LogP contribution in [0.15, 0.2) is 17.1 Å². The minimum Gasteiger partial charge on any atom is -0.366 e. The molecule has 17 heavy (non-hydrogen) atoms. The first-order chi connectivity index (χ1) is 8.10. The summed E-state index contributed by atoms with van der Waals surface area (Å²) in [6.07, 6.45) is 2.70. The van der Waals surface area contributed by atoms with Crippen molar-refractivity contribution in [2.24, 2.45) is 4.99 Å². The maximum absolute atomic E-state index is 13.2. The average Bonchev–Trinajstić information content (AvgIpc) is 2.31. The number of rotatable bonds is 5. The molecule has 0 bridgehead atoms. The molecule has 0 radical (unpaired) electrons. The average molecular weight is 240 g/mol. The summed E-state index contributed by atoms with van der Waals surface area (Å²) in [5, 5.41) is 0. The van der Waals surface area contributed by atoms with Crippen LogP contribution < -0.4 is 0 Å². The summed E-state index contributed by atoms with van der Waals surface area (Å²) in [6, 6.07) is 2.23. The lowest BCUT2D eigenvalue weighted by Gasteiger charge is -2.10. The molecule has 0 N–H and O–H groups in total. The number of aldehydes is 1. The molecular formula is C12H14F2N2O. The van der Waals surface area contributed by atoms with Gasteiger partial charge in [-0.1, -0.05) is 6.92 Å². The molecule has 5 heteroatoms. The highest BCUT2D eigenvalue weighted by Crippen LogP contribution is 2.22. The van der Waals surface area contributed by atoms with Crippen molar-refractivity contribution in [2.45, 2.75) is 13.3 Å². The molecular weight excluding hydrogens is 226 g/mol. The van der Waals surface area contributed by atoms with Crippen LogP contribution in [0.4, 0.5) is 14.5 Å². The monoisotopic (exact) mass is 240 g/mol. The van der Waals surface area contributed by atoms with Crippen molar-refractivity contribution in [1.29, 1.82) is 0 Å². The van der Waals surface area contributed by atoms with Gasteiger partial charge in [-0.15, -0.1) is 0 Å². The van der Waals surface area contributed by atoms with Crippen LogP contribution in [0.3, 0.4) is 0 Å². The molecule has 3 nitrogen and oxygen atoms in total. The molecule has 0 heterocycles. The molecule has 1 aromatic rings. The molecule has 0 aliphatic carbocycles. The van der Waals surface area contributed by atoms with Crippen LogP contribution in [0.2, 0.25) is 0 Å². The van der Waals surface area contributed by atoms with Crippen molar-refractivity contribution in [2.75, 3.05) is 13.6 Å². The zero-order chi connectivity index (χ0) is 12.8. The van der Waals surface area contributed by atoms with Gasteiger partial charge < -0.3 is 4.90 Å². The van der Waals surface area contributed by atoms with Gasteiger partial charge in [-0.05, 0) is 18.6 Å². The molecule has 0 saturated carbocycles. The quantitative estimate of drug-likeness (QED) is 0.450. The first kappa shape index (κ1) is 13.3. The molecule has 0 fully saturated rings. The lowest BCUT2D eigenvalue weighted by Crippen LogP contribution is -2.16. The van der Waals surface area contributed by atoms with E-state index in [1.54, 1.807) is 4.90 Å². The first-order valence-corrected chi connectivity index (χ1v) is 5.27. The number of hydrogen-bond acceptors (Lipinski definition) is 2. The molecule has 1 aromatic carbocycles. The van der Waals surface area contributed by atoms with Crippen molar-refractivity contribution >= 4 is 18.3 Å². The molecule has 0 unspecified atom stereocenters. The van der Waals surface area contributed by atoms with Gasteiger partial charge in [0.2, 0.25) is 0 Å². The molecule has 1 rings (SSSR count). The summed E-state index contributed by atoms with van der Waals surface area (Å²) in [7, 11) is 1.81. The van der Waals surface area contributed by atoms with Gasteiger partial charge in [-0.25, -0.2) is 13.8 Å². The van der Waals surface area contributed by atoms with Gasteiger partial charge in [0.15, 0.2) is 17.9 Å². The van der Waals surface area contributed by atoms with E-state index >= 15 is 0 Å². The number of nitrogens with zero attached hydrogens (tertiary/aromatic N) is 2. The summed E-state index contributed by atoms with van der Waals surface area (Å²) in [6.45, 7) is 2.81. The molecule has 0 saturated heterocycles. The Hall–Kier alpha value is -1.78. The molecule has 0 aliphatic rings. The zero-order valence-electron chi connectivity index (χ0n) is 9.78. The van der Waals surface area contributed by atoms with Gasteiger partial charge in [0.05, 0.1) is 17.6 Å². The standard InChI is InChI=1S/C12H14F2N2O/c1-3-6-16(2)8-15-11-5-4-10(13)12(14)9(11)7-17/h4-5,7-8H,3,6H2,1-2H3. The van der Waals surface area contributed by atoms with E-state index in [0.29, 0.717) is 0 Å². The largest absolute Gasteiger partial charge is 0.366 e. The Kier molecular flexibility index (Phi) is 4.75. The molecule has 0 spiro atoms. The number of halogens is 2. The van der Waals surface area contributed by atoms with Gasteiger partial charge in [0.1, 0.15) is 0 Å². The second-order valence-electron chi connectivity index (χ2n) is 3.64. The van der Waals surface area contributed by atoms with Gasteiger partial charge in [-0.2, -0.15) is 0 Å². The Morgan fingerprint density at radius 2 is 2.12 bits per heavy atom. The fourth-order valence-corrected chi connectivity index (χ4v) is 1.35. The van der Waals surface area contributed by atoms with Crippen LogP contribution in [0, 0.1) is 11.6 Å². The molecule has 0 aromatic heterocycles. The van der Waals surface area contributed by atoms with Crippen LogP contribution >= 0.6 is 0 Å². The maximum Gasteiger partial charge on any atom is 0.171 e. The van der Waals surface area contributed by atoms with Gasteiger partial charge in [0, 0.05) is 13.6 Å². The van der Waals surface area contributed by atoms with E-state index in [0.717, 1.165) is 19.0 Å². The first-order valence-electron chi connectivity index (χ1n) is 5.27. The fourth-order valence-electron chi connectivity index (χ4n) is 1.35. The van der Waals surface area contributed by atoms with Gasteiger partial charge in [0.25, 0.3) is 0 Å². The van der Waals surface area contributed by atoms with E-state index in [4.69, 9.17) is 0 Å². The van der Waals surface area contributed by atoms with E-state index in [1.807, 2.05) is 14.0 Å². The fraction of sp³-hybridized carbons (Fsp3) is 0.333. The Morgan fingerprint density at radius 3 is 2.71 bits per heavy atom. The highest BCUT2D eigenvalue weighted by Gasteiger charge is 2.11. The molecule has 0 amide bonds. The molecule has 92 valence electrons. The second kappa shape index (κ2) is 6.08. The number of carbonyl (C=O) groups excluding carboxylic acids is 1. The molecule has 0 aliphatic heterocycles. The SMILES string of the molecule is CCCN(C)C=Nc1ccc(F)c(F)c1C=O. The van der Waals surface area contributed by atoms with Crippen LogP contribution in [0.5, 0.6) is 0 Å². The highest BCUT2D eigenvalue weighted by molar-refractivity contribution is 5.84. The Labute approximate surface area is 98.8 Å². The van der Waals surface area contributed by atoms with Crippen molar-refractivity contribution in [3.8, 4) is 0 Å². The summed E-state index contributed by atoms with van der Waals surface area (Å²) < 4.78 is 26.1. The van der Waals surface area contributed by atoms with E-state index < -0.39 is 11.6 Å². The second-order valence-corrected chi connectivity index (χ2v) is 3.64. The third-order valence-electron chi connectivity index (χ3n) is 2.20. The summed E-state index contributed by atoms with van der Waals surface area (Å²) >= 11 is 0. The third-order valence-corrected chi connectivity index (χ3v) is 2.20. The van der Waals surface area contributed by atoms with Crippen LogP contribution in [0.25, 0.3) is 0 Å². The number of aliphatic imine (C=N–C) groups is 1. The van der Waals surface area contributed by atoms with Gasteiger partial charge in [-0.3, -0.25) is 4.79 Å². The van der Waals surface area contributed by atoms with E-state index in [9.17, 15) is 13.6 Å². The van der Waals surface area contributed by atoms with Gasteiger partial charge >= 0.3 is 0 Å². The molecule has 0 atom stereocenters. The lowest BCUT2D eigenvalue weighted by molar-refractivity contribution is 0.111. The minimum absolute atomic E-state index is 0.127. The predicted molar refractivity (Wildman–Crippen MR) is 62.8 cm³/mol. The highest BCUT2D eigenvalue weighted by atomic mass is 19.2. The topological polar surface area (TPSA) is 32.7 Å². The van der Waals surface area contributed by atoms with Crippen LogP contribution in [-0.2, 0) is 0 Å². The van der Waals surface area contributed by atoms with Crippen molar-refractivity contribution in [1.82, 2.24) is 4.90 Å². The predicted octanol–water partition coefficient (Wildman–Crippen LogP) is 2.78. The summed E-state index contributed by atoms with van der Waals surface area (Å²) in [4.78, 5) is 16.4. The zero-order valence-corrected chi connectivity index (χ0v) is 9.78. The van der Waals surface area contributed by atoms with Crippen LogP contribution in [0.1, 0.15) is 23.7 Å². The normalized spacial score (nSPS) is 10.8. The number of carbonyl (C=O) groups is 1. The smallest absolute Gasteiger partial charge is 0.171 e. The number of hydrogen-bond donors (Lipinski definition) is 0. The Balaban J connectivity index is 2.99.